The Morgan fingerprint density at radius 1 is 1.20 bits per heavy atom. The van der Waals surface area contributed by atoms with Crippen molar-refractivity contribution in [2.45, 2.75) is 26.3 Å². The average molecular weight is 219 g/mol. The molecule has 2 unspecified atom stereocenters. The van der Waals surface area contributed by atoms with Crippen LogP contribution in [0.3, 0.4) is 0 Å². The van der Waals surface area contributed by atoms with Crippen LogP contribution in [-0.4, -0.2) is 51.2 Å². The minimum absolute atomic E-state index is 0.225. The first-order valence-electron chi connectivity index (χ1n) is 5.63. The first kappa shape index (κ1) is 14.8. The molecular formula is C11H25NO3. The molecule has 0 radical (unpaired) electrons. The highest BCUT2D eigenvalue weighted by Gasteiger charge is 2.09. The maximum Gasteiger partial charge on any atom is 0.0591 e. The van der Waals surface area contributed by atoms with Gasteiger partial charge in [-0.25, -0.2) is 0 Å². The molecule has 0 aromatic heterocycles. The van der Waals surface area contributed by atoms with Crippen molar-refractivity contribution in [2.24, 2.45) is 5.92 Å². The van der Waals surface area contributed by atoms with Gasteiger partial charge in [0.25, 0.3) is 0 Å². The van der Waals surface area contributed by atoms with Crippen molar-refractivity contribution in [1.29, 1.82) is 0 Å². The van der Waals surface area contributed by atoms with E-state index in [-0.39, 0.29) is 6.61 Å². The molecule has 0 aromatic carbocycles. The molecule has 0 heterocycles. The summed E-state index contributed by atoms with van der Waals surface area (Å²) in [4.78, 5) is 0. The Hall–Kier alpha value is -0.160. The molecule has 0 amide bonds. The van der Waals surface area contributed by atoms with Crippen molar-refractivity contribution in [3.05, 3.63) is 0 Å². The van der Waals surface area contributed by atoms with E-state index < -0.39 is 0 Å². The van der Waals surface area contributed by atoms with Gasteiger partial charge in [0.15, 0.2) is 0 Å². The lowest BCUT2D eigenvalue weighted by molar-refractivity contribution is 0.101. The van der Waals surface area contributed by atoms with E-state index in [9.17, 15) is 0 Å². The van der Waals surface area contributed by atoms with E-state index in [1.54, 1.807) is 7.11 Å². The van der Waals surface area contributed by atoms with Gasteiger partial charge in [0.1, 0.15) is 0 Å². The monoisotopic (exact) mass is 219 g/mol. The second-order valence-electron chi connectivity index (χ2n) is 3.86. The van der Waals surface area contributed by atoms with Crippen molar-refractivity contribution >= 4 is 0 Å². The molecular weight excluding hydrogens is 194 g/mol. The summed E-state index contributed by atoms with van der Waals surface area (Å²) in [6.45, 7) is 7.38. The predicted octanol–water partition coefficient (Wildman–Crippen LogP) is 0.646. The number of aliphatic hydroxyl groups excluding tert-OH is 1. The Morgan fingerprint density at radius 2 is 1.93 bits per heavy atom. The molecule has 15 heavy (non-hydrogen) atoms. The smallest absolute Gasteiger partial charge is 0.0591 e. The third kappa shape index (κ3) is 8.81. The highest BCUT2D eigenvalue weighted by molar-refractivity contribution is 4.66. The topological polar surface area (TPSA) is 50.7 Å². The standard InChI is InChI=1S/C11H25NO3/c1-10(9-13)11(2)12-5-8-15-7-4-6-14-3/h10-13H,4-9H2,1-3H3. The molecule has 2 atom stereocenters. The molecule has 0 saturated heterocycles. The van der Waals surface area contributed by atoms with Gasteiger partial charge in [-0.15, -0.1) is 0 Å². The van der Waals surface area contributed by atoms with Gasteiger partial charge in [-0.1, -0.05) is 6.92 Å². The molecule has 0 aliphatic carbocycles. The van der Waals surface area contributed by atoms with Crippen LogP contribution >= 0.6 is 0 Å². The number of hydrogen-bond acceptors (Lipinski definition) is 4. The number of ether oxygens (including phenoxy) is 2. The lowest BCUT2D eigenvalue weighted by Crippen LogP contribution is -2.36. The van der Waals surface area contributed by atoms with E-state index in [2.05, 4.69) is 12.2 Å². The van der Waals surface area contributed by atoms with E-state index in [1.807, 2.05) is 6.92 Å². The Labute approximate surface area is 93.0 Å². The van der Waals surface area contributed by atoms with Crippen LogP contribution in [0.1, 0.15) is 20.3 Å². The van der Waals surface area contributed by atoms with Gasteiger partial charge in [0, 0.05) is 39.5 Å². The van der Waals surface area contributed by atoms with E-state index in [0.717, 1.165) is 26.2 Å². The van der Waals surface area contributed by atoms with Crippen molar-refractivity contribution in [3.63, 3.8) is 0 Å². The summed E-state index contributed by atoms with van der Waals surface area (Å²) < 4.78 is 10.3. The third-order valence-electron chi connectivity index (χ3n) is 2.49. The van der Waals surface area contributed by atoms with Crippen LogP contribution in [0.4, 0.5) is 0 Å². The lowest BCUT2D eigenvalue weighted by Gasteiger charge is -2.19. The second kappa shape index (κ2) is 10.4. The molecule has 0 rings (SSSR count). The van der Waals surface area contributed by atoms with E-state index >= 15 is 0 Å². The summed E-state index contributed by atoms with van der Waals surface area (Å²) in [7, 11) is 1.69. The van der Waals surface area contributed by atoms with Crippen molar-refractivity contribution in [1.82, 2.24) is 5.32 Å². The van der Waals surface area contributed by atoms with Gasteiger partial charge in [-0.2, -0.15) is 0 Å². The predicted molar refractivity (Wildman–Crippen MR) is 61.0 cm³/mol. The SMILES string of the molecule is COCCCOCCNC(C)C(C)CO. The molecule has 0 aromatic rings. The summed E-state index contributed by atoms with van der Waals surface area (Å²) in [5.41, 5.74) is 0. The molecule has 92 valence electrons. The molecule has 0 bridgehead atoms. The largest absolute Gasteiger partial charge is 0.396 e. The average Bonchev–Trinajstić information content (AvgIpc) is 2.26. The molecule has 4 heteroatoms. The number of nitrogens with one attached hydrogen (secondary N) is 1. The lowest BCUT2D eigenvalue weighted by atomic mass is 10.1. The molecule has 0 saturated carbocycles. The van der Waals surface area contributed by atoms with Gasteiger partial charge >= 0.3 is 0 Å². The van der Waals surface area contributed by atoms with Gasteiger partial charge in [0.2, 0.25) is 0 Å². The highest BCUT2D eigenvalue weighted by atomic mass is 16.5. The number of rotatable bonds is 10. The minimum Gasteiger partial charge on any atom is -0.396 e. The first-order valence-corrected chi connectivity index (χ1v) is 5.63. The Morgan fingerprint density at radius 3 is 2.53 bits per heavy atom. The van der Waals surface area contributed by atoms with Crippen LogP contribution in [-0.2, 0) is 9.47 Å². The summed E-state index contributed by atoms with van der Waals surface area (Å²) in [6.07, 6.45) is 0.944. The zero-order valence-corrected chi connectivity index (χ0v) is 10.2. The zero-order valence-electron chi connectivity index (χ0n) is 10.2. The number of aliphatic hydroxyl groups is 1. The van der Waals surface area contributed by atoms with Crippen LogP contribution < -0.4 is 5.32 Å². The van der Waals surface area contributed by atoms with Crippen molar-refractivity contribution in [3.8, 4) is 0 Å². The fourth-order valence-corrected chi connectivity index (χ4v) is 1.13. The van der Waals surface area contributed by atoms with Crippen molar-refractivity contribution < 1.29 is 14.6 Å². The Bertz CT molecular complexity index is 133. The molecule has 4 nitrogen and oxygen atoms in total. The van der Waals surface area contributed by atoms with E-state index in [0.29, 0.717) is 18.6 Å². The van der Waals surface area contributed by atoms with Crippen LogP contribution in [0.5, 0.6) is 0 Å². The molecule has 0 aliphatic rings. The molecule has 0 aliphatic heterocycles. The van der Waals surface area contributed by atoms with Gasteiger partial charge in [-0.05, 0) is 19.3 Å². The van der Waals surface area contributed by atoms with Crippen LogP contribution in [0.15, 0.2) is 0 Å². The van der Waals surface area contributed by atoms with Gasteiger partial charge in [-0.3, -0.25) is 0 Å². The van der Waals surface area contributed by atoms with Crippen LogP contribution in [0.25, 0.3) is 0 Å². The number of methoxy groups -OCH3 is 1. The quantitative estimate of drug-likeness (QED) is 0.530. The van der Waals surface area contributed by atoms with Gasteiger partial charge < -0.3 is 19.9 Å². The molecule has 0 spiro atoms. The zero-order chi connectivity index (χ0) is 11.5. The van der Waals surface area contributed by atoms with Crippen molar-refractivity contribution in [2.75, 3.05) is 40.1 Å². The summed E-state index contributed by atoms with van der Waals surface area (Å²) in [5.74, 6) is 0.290. The third-order valence-corrected chi connectivity index (χ3v) is 2.49. The number of hydrogen-bond donors (Lipinski definition) is 2. The maximum absolute atomic E-state index is 8.92. The molecule has 0 fully saturated rings. The van der Waals surface area contributed by atoms with Gasteiger partial charge in [0.05, 0.1) is 6.61 Å². The maximum atomic E-state index is 8.92. The van der Waals surface area contributed by atoms with E-state index in [1.165, 1.54) is 0 Å². The highest BCUT2D eigenvalue weighted by Crippen LogP contribution is 1.99. The summed E-state index contributed by atoms with van der Waals surface area (Å²) in [6, 6.07) is 0.331. The Kier molecular flexibility index (Phi) is 10.3. The summed E-state index contributed by atoms with van der Waals surface area (Å²) in [5, 5.41) is 12.2. The first-order chi connectivity index (χ1) is 7.22. The Balaban J connectivity index is 3.16. The second-order valence-corrected chi connectivity index (χ2v) is 3.86. The molecule has 2 N–H and O–H groups in total. The normalized spacial score (nSPS) is 15.2. The van der Waals surface area contributed by atoms with Crippen LogP contribution in [0, 0.1) is 5.92 Å². The van der Waals surface area contributed by atoms with Crippen LogP contribution in [0.2, 0.25) is 0 Å². The fourth-order valence-electron chi connectivity index (χ4n) is 1.13. The minimum atomic E-state index is 0.225. The summed E-state index contributed by atoms with van der Waals surface area (Å²) >= 11 is 0. The van der Waals surface area contributed by atoms with E-state index in [4.69, 9.17) is 14.6 Å². The fraction of sp³-hybridized carbons (Fsp3) is 1.00.